The molecule has 0 aliphatic carbocycles. The average Bonchev–Trinajstić information content (AvgIpc) is 2.80. The maximum Gasteiger partial charge on any atom is 0.183 e. The molecule has 0 saturated heterocycles. The molecule has 0 spiro atoms. The molecule has 6 heteroatoms. The summed E-state index contributed by atoms with van der Waals surface area (Å²) in [5, 5.41) is 16.7. The summed E-state index contributed by atoms with van der Waals surface area (Å²) in [6, 6.07) is 6.61. The lowest BCUT2D eigenvalue weighted by Gasteiger charge is -2.13. The van der Waals surface area contributed by atoms with Crippen LogP contribution in [0, 0.1) is 5.82 Å². The number of benzene rings is 1. The predicted molar refractivity (Wildman–Crippen MR) is 56.3 cm³/mol. The van der Waals surface area contributed by atoms with E-state index >= 15 is 0 Å². The molecule has 0 saturated carbocycles. The number of halogens is 1. The van der Waals surface area contributed by atoms with E-state index in [9.17, 15) is 4.39 Å². The van der Waals surface area contributed by atoms with Gasteiger partial charge >= 0.3 is 0 Å². The summed E-state index contributed by atoms with van der Waals surface area (Å²) in [5.74, 6) is -0.00282. The first kappa shape index (κ1) is 10.7. The molecule has 0 fully saturated rings. The molecule has 1 atom stereocenters. The first-order chi connectivity index (χ1) is 7.83. The summed E-state index contributed by atoms with van der Waals surface area (Å²) in [6.45, 7) is 0.556. The molecule has 1 heterocycles. The topological polar surface area (TPSA) is 66.5 Å². The fraction of sp³-hybridized carbons (Fsp3) is 0.300. The number of hydrogen-bond acceptors (Lipinski definition) is 4. The predicted octanol–water partition coefficient (Wildman–Crippen LogP) is 0.690. The maximum atomic E-state index is 13.6. The molecule has 1 aromatic carbocycles. The Bertz CT molecular complexity index is 442. The van der Waals surface area contributed by atoms with Crippen LogP contribution in [-0.2, 0) is 0 Å². The van der Waals surface area contributed by atoms with Gasteiger partial charge < -0.3 is 5.32 Å². The number of rotatable bonds is 4. The minimum Gasteiger partial charge on any atom is -0.319 e. The summed E-state index contributed by atoms with van der Waals surface area (Å²) in [5.41, 5.74) is 0.568. The Morgan fingerprint density at radius 3 is 2.88 bits per heavy atom. The van der Waals surface area contributed by atoms with Gasteiger partial charge in [-0.05, 0) is 18.7 Å². The normalized spacial score (nSPS) is 12.6. The number of hydrogen-bond donors (Lipinski definition) is 2. The van der Waals surface area contributed by atoms with Crippen LogP contribution in [0.2, 0.25) is 0 Å². The smallest absolute Gasteiger partial charge is 0.183 e. The van der Waals surface area contributed by atoms with Crippen molar-refractivity contribution in [3.63, 3.8) is 0 Å². The molecule has 0 amide bonds. The van der Waals surface area contributed by atoms with Gasteiger partial charge in [0, 0.05) is 6.54 Å². The van der Waals surface area contributed by atoms with Crippen LogP contribution in [0.1, 0.15) is 17.3 Å². The van der Waals surface area contributed by atoms with Crippen molar-refractivity contribution >= 4 is 0 Å². The Balaban J connectivity index is 2.37. The number of aromatic nitrogens is 4. The number of H-pyrrole nitrogens is 1. The first-order valence-electron chi connectivity index (χ1n) is 4.95. The Labute approximate surface area is 92.1 Å². The van der Waals surface area contributed by atoms with E-state index in [1.807, 2.05) is 0 Å². The van der Waals surface area contributed by atoms with Gasteiger partial charge in [0.25, 0.3) is 0 Å². The molecule has 1 aromatic heterocycles. The quantitative estimate of drug-likeness (QED) is 0.797. The molecular weight excluding hydrogens is 209 g/mol. The van der Waals surface area contributed by atoms with Crippen LogP contribution in [0.3, 0.4) is 0 Å². The molecule has 5 nitrogen and oxygen atoms in total. The lowest BCUT2D eigenvalue weighted by molar-refractivity contribution is 0.577. The van der Waals surface area contributed by atoms with Crippen molar-refractivity contribution in [1.29, 1.82) is 0 Å². The molecule has 0 aliphatic heterocycles. The van der Waals surface area contributed by atoms with Gasteiger partial charge in [0.2, 0.25) is 0 Å². The standard InChI is InChI=1S/C10H12FN5/c1-12-6-8(10-13-15-16-14-10)7-4-2-3-5-9(7)11/h2-5,8,12H,6H2,1H3,(H,13,14,15,16). The van der Waals surface area contributed by atoms with Gasteiger partial charge in [-0.2, -0.15) is 5.21 Å². The van der Waals surface area contributed by atoms with E-state index in [1.54, 1.807) is 25.2 Å². The van der Waals surface area contributed by atoms with E-state index < -0.39 is 0 Å². The van der Waals surface area contributed by atoms with E-state index in [0.29, 0.717) is 17.9 Å². The first-order valence-corrected chi connectivity index (χ1v) is 4.95. The van der Waals surface area contributed by atoms with Crippen LogP contribution < -0.4 is 5.32 Å². The molecule has 0 bridgehead atoms. The molecule has 2 N–H and O–H groups in total. The minimum absolute atomic E-state index is 0.232. The number of aromatic amines is 1. The minimum atomic E-state index is -0.257. The summed E-state index contributed by atoms with van der Waals surface area (Å²) in [6.07, 6.45) is 0. The zero-order chi connectivity index (χ0) is 11.4. The molecule has 1 unspecified atom stereocenters. The van der Waals surface area contributed by atoms with Gasteiger partial charge in [-0.3, -0.25) is 0 Å². The summed E-state index contributed by atoms with van der Waals surface area (Å²) >= 11 is 0. The van der Waals surface area contributed by atoms with Crippen molar-refractivity contribution in [1.82, 2.24) is 25.9 Å². The van der Waals surface area contributed by atoms with Crippen LogP contribution in [0.25, 0.3) is 0 Å². The molecule has 16 heavy (non-hydrogen) atoms. The lowest BCUT2D eigenvalue weighted by atomic mass is 9.98. The van der Waals surface area contributed by atoms with Crippen LogP contribution in [-0.4, -0.2) is 34.2 Å². The Kier molecular flexibility index (Phi) is 3.21. The second kappa shape index (κ2) is 4.80. The van der Waals surface area contributed by atoms with Gasteiger partial charge in [0.05, 0.1) is 5.92 Å². The zero-order valence-electron chi connectivity index (χ0n) is 8.81. The number of nitrogens with zero attached hydrogens (tertiary/aromatic N) is 3. The van der Waals surface area contributed by atoms with Crippen LogP contribution in [0.5, 0.6) is 0 Å². The van der Waals surface area contributed by atoms with Crippen molar-refractivity contribution in [3.05, 3.63) is 41.5 Å². The summed E-state index contributed by atoms with van der Waals surface area (Å²) in [7, 11) is 1.80. The number of likely N-dealkylation sites (N-methyl/N-ethyl adjacent to an activating group) is 1. The molecule has 0 aliphatic rings. The molecular formula is C10H12FN5. The highest BCUT2D eigenvalue weighted by atomic mass is 19.1. The van der Waals surface area contributed by atoms with Crippen molar-refractivity contribution < 1.29 is 4.39 Å². The van der Waals surface area contributed by atoms with Crippen molar-refractivity contribution in [2.45, 2.75) is 5.92 Å². The lowest BCUT2D eigenvalue weighted by Crippen LogP contribution is -2.20. The SMILES string of the molecule is CNCC(c1nn[nH]n1)c1ccccc1F. The Hall–Kier alpha value is -1.82. The van der Waals surface area contributed by atoms with Crippen molar-refractivity contribution in [2.75, 3.05) is 13.6 Å². The second-order valence-electron chi connectivity index (χ2n) is 3.40. The van der Waals surface area contributed by atoms with Gasteiger partial charge in [0.1, 0.15) is 5.82 Å². The van der Waals surface area contributed by atoms with Crippen molar-refractivity contribution in [3.8, 4) is 0 Å². The van der Waals surface area contributed by atoms with Crippen molar-refractivity contribution in [2.24, 2.45) is 0 Å². The van der Waals surface area contributed by atoms with Gasteiger partial charge in [-0.25, -0.2) is 4.39 Å². The second-order valence-corrected chi connectivity index (χ2v) is 3.40. The van der Waals surface area contributed by atoms with E-state index in [0.717, 1.165) is 0 Å². The van der Waals surface area contributed by atoms with E-state index in [2.05, 4.69) is 25.9 Å². The molecule has 84 valence electrons. The highest BCUT2D eigenvalue weighted by molar-refractivity contribution is 5.26. The maximum absolute atomic E-state index is 13.6. The third kappa shape index (κ3) is 2.06. The monoisotopic (exact) mass is 221 g/mol. The highest BCUT2D eigenvalue weighted by Gasteiger charge is 2.20. The zero-order valence-corrected chi connectivity index (χ0v) is 8.81. The van der Waals surface area contributed by atoms with Crippen LogP contribution in [0.4, 0.5) is 4.39 Å². The van der Waals surface area contributed by atoms with Gasteiger partial charge in [-0.15, -0.1) is 10.2 Å². The van der Waals surface area contributed by atoms with E-state index in [4.69, 9.17) is 0 Å². The number of tetrazole rings is 1. The Morgan fingerprint density at radius 2 is 2.25 bits per heavy atom. The molecule has 2 aromatic rings. The van der Waals surface area contributed by atoms with Gasteiger partial charge in [-0.1, -0.05) is 23.4 Å². The van der Waals surface area contributed by atoms with Crippen LogP contribution >= 0.6 is 0 Å². The fourth-order valence-corrected chi connectivity index (χ4v) is 1.62. The third-order valence-corrected chi connectivity index (χ3v) is 2.36. The Morgan fingerprint density at radius 1 is 1.44 bits per heavy atom. The van der Waals surface area contributed by atoms with Gasteiger partial charge in [0.15, 0.2) is 5.82 Å². The van der Waals surface area contributed by atoms with Crippen LogP contribution in [0.15, 0.2) is 24.3 Å². The van der Waals surface area contributed by atoms with E-state index in [-0.39, 0.29) is 11.7 Å². The average molecular weight is 221 g/mol. The number of nitrogens with one attached hydrogen (secondary N) is 2. The van der Waals surface area contributed by atoms with E-state index in [1.165, 1.54) is 6.07 Å². The largest absolute Gasteiger partial charge is 0.319 e. The molecule has 0 radical (unpaired) electrons. The third-order valence-electron chi connectivity index (χ3n) is 2.36. The summed E-state index contributed by atoms with van der Waals surface area (Å²) in [4.78, 5) is 0. The summed E-state index contributed by atoms with van der Waals surface area (Å²) < 4.78 is 13.6. The fourth-order valence-electron chi connectivity index (χ4n) is 1.62. The molecule has 2 rings (SSSR count). The highest BCUT2D eigenvalue weighted by Crippen LogP contribution is 2.22.